The maximum atomic E-state index is 4.72. The first-order valence-corrected chi connectivity index (χ1v) is 11.7. The van der Waals surface area contributed by atoms with Gasteiger partial charge in [-0.25, -0.2) is 4.98 Å². The zero-order valence-electron chi connectivity index (χ0n) is 16.6. The third-order valence-corrected chi connectivity index (χ3v) is 6.37. The third kappa shape index (κ3) is 4.52. The van der Waals surface area contributed by atoms with Crippen molar-refractivity contribution in [1.29, 1.82) is 0 Å². The second kappa shape index (κ2) is 9.16. The third-order valence-electron chi connectivity index (χ3n) is 4.61. The minimum absolute atomic E-state index is 0.715. The quantitative estimate of drug-likeness (QED) is 0.295. The SMILES string of the molecule is c1ccc(Nc2nc(CSc3nnc(-c4ccccc4)n3-c3ccccc3)cs2)cc1. The molecule has 0 atom stereocenters. The average molecular weight is 442 g/mol. The number of aromatic nitrogens is 4. The van der Waals surface area contributed by atoms with Crippen molar-refractivity contribution in [2.45, 2.75) is 10.9 Å². The van der Waals surface area contributed by atoms with Gasteiger partial charge in [0.25, 0.3) is 0 Å². The van der Waals surface area contributed by atoms with Gasteiger partial charge in [0.05, 0.1) is 5.69 Å². The van der Waals surface area contributed by atoms with Gasteiger partial charge in [-0.05, 0) is 24.3 Å². The van der Waals surface area contributed by atoms with Crippen molar-refractivity contribution in [3.05, 3.63) is 102 Å². The lowest BCUT2D eigenvalue weighted by atomic mass is 10.2. The highest BCUT2D eigenvalue weighted by molar-refractivity contribution is 7.98. The van der Waals surface area contributed by atoms with Gasteiger partial charge in [-0.1, -0.05) is 78.5 Å². The topological polar surface area (TPSA) is 55.6 Å². The Morgan fingerprint density at radius 3 is 2.23 bits per heavy atom. The Morgan fingerprint density at radius 1 is 0.806 bits per heavy atom. The van der Waals surface area contributed by atoms with Crippen LogP contribution in [0.5, 0.6) is 0 Å². The van der Waals surface area contributed by atoms with Gasteiger partial charge in [-0.3, -0.25) is 4.57 Å². The van der Waals surface area contributed by atoms with Crippen LogP contribution in [0.25, 0.3) is 17.1 Å². The number of nitrogens with zero attached hydrogens (tertiary/aromatic N) is 4. The first kappa shape index (κ1) is 19.5. The van der Waals surface area contributed by atoms with Crippen molar-refractivity contribution in [2.75, 3.05) is 5.32 Å². The number of anilines is 2. The lowest BCUT2D eigenvalue weighted by Crippen LogP contribution is -1.99. The summed E-state index contributed by atoms with van der Waals surface area (Å²) in [6.45, 7) is 0. The van der Waals surface area contributed by atoms with Crippen molar-refractivity contribution in [1.82, 2.24) is 19.7 Å². The molecule has 5 aromatic rings. The standard InChI is InChI=1S/C24H19N5S2/c1-4-10-18(11-5-1)22-27-28-24(29(22)21-14-8-3-9-15-21)31-17-20-16-30-23(26-20)25-19-12-6-2-7-13-19/h1-16H,17H2,(H,25,26). The van der Waals surface area contributed by atoms with E-state index in [-0.39, 0.29) is 0 Å². The summed E-state index contributed by atoms with van der Waals surface area (Å²) in [6, 6.07) is 30.4. The van der Waals surface area contributed by atoms with Gasteiger partial charge in [0.1, 0.15) is 0 Å². The normalized spacial score (nSPS) is 10.8. The number of para-hydroxylation sites is 2. The largest absolute Gasteiger partial charge is 0.332 e. The number of hydrogen-bond donors (Lipinski definition) is 1. The van der Waals surface area contributed by atoms with Crippen molar-refractivity contribution in [3.63, 3.8) is 0 Å². The van der Waals surface area contributed by atoms with Crippen LogP contribution in [-0.2, 0) is 5.75 Å². The number of nitrogens with one attached hydrogen (secondary N) is 1. The maximum absolute atomic E-state index is 4.72. The van der Waals surface area contributed by atoms with E-state index in [4.69, 9.17) is 4.98 Å². The van der Waals surface area contributed by atoms with Crippen LogP contribution >= 0.6 is 23.1 Å². The summed E-state index contributed by atoms with van der Waals surface area (Å²) in [4.78, 5) is 4.72. The molecule has 0 saturated heterocycles. The predicted molar refractivity (Wildman–Crippen MR) is 128 cm³/mol. The highest BCUT2D eigenvalue weighted by atomic mass is 32.2. The Kier molecular flexibility index (Phi) is 5.77. The molecule has 3 aromatic carbocycles. The Hall–Kier alpha value is -3.42. The molecule has 7 heteroatoms. The van der Waals surface area contributed by atoms with Crippen LogP contribution in [0.1, 0.15) is 5.69 Å². The number of hydrogen-bond acceptors (Lipinski definition) is 6. The Morgan fingerprint density at radius 2 is 1.48 bits per heavy atom. The lowest BCUT2D eigenvalue weighted by molar-refractivity contribution is 0.885. The minimum Gasteiger partial charge on any atom is -0.332 e. The van der Waals surface area contributed by atoms with Crippen LogP contribution in [0.2, 0.25) is 0 Å². The molecule has 0 aliphatic heterocycles. The fraction of sp³-hybridized carbons (Fsp3) is 0.0417. The fourth-order valence-corrected chi connectivity index (χ4v) is 4.84. The Bertz CT molecular complexity index is 1250. The molecular weight excluding hydrogens is 422 g/mol. The minimum atomic E-state index is 0.715. The van der Waals surface area contributed by atoms with Gasteiger partial charge in [-0.15, -0.1) is 21.5 Å². The van der Waals surface area contributed by atoms with Gasteiger partial charge < -0.3 is 5.32 Å². The molecule has 31 heavy (non-hydrogen) atoms. The predicted octanol–water partition coefficient (Wildman–Crippen LogP) is 6.43. The summed E-state index contributed by atoms with van der Waals surface area (Å²) in [7, 11) is 0. The van der Waals surface area contributed by atoms with Crippen LogP contribution in [0.4, 0.5) is 10.8 Å². The molecule has 2 aromatic heterocycles. The fourth-order valence-electron chi connectivity index (χ4n) is 3.16. The number of thiazole rings is 1. The van der Waals surface area contributed by atoms with Crippen molar-refractivity contribution in [3.8, 4) is 17.1 Å². The number of benzene rings is 3. The smallest absolute Gasteiger partial charge is 0.196 e. The molecule has 5 nitrogen and oxygen atoms in total. The van der Waals surface area contributed by atoms with E-state index in [0.717, 1.165) is 38.7 Å². The molecule has 0 amide bonds. The summed E-state index contributed by atoms with van der Waals surface area (Å²) in [5.41, 5.74) is 4.12. The van der Waals surface area contributed by atoms with E-state index in [9.17, 15) is 0 Å². The number of rotatable bonds is 7. The van der Waals surface area contributed by atoms with Gasteiger partial charge in [-0.2, -0.15) is 0 Å². The van der Waals surface area contributed by atoms with Crippen LogP contribution in [0, 0.1) is 0 Å². The molecule has 152 valence electrons. The highest BCUT2D eigenvalue weighted by Crippen LogP contribution is 2.30. The van der Waals surface area contributed by atoms with Gasteiger partial charge in [0, 0.05) is 28.1 Å². The number of thioether (sulfide) groups is 1. The molecule has 0 aliphatic carbocycles. The van der Waals surface area contributed by atoms with Crippen LogP contribution in [-0.4, -0.2) is 19.7 Å². The lowest BCUT2D eigenvalue weighted by Gasteiger charge is -2.10. The molecule has 2 heterocycles. The van der Waals surface area contributed by atoms with E-state index in [1.54, 1.807) is 23.1 Å². The van der Waals surface area contributed by atoms with Crippen LogP contribution < -0.4 is 5.32 Å². The summed E-state index contributed by atoms with van der Waals surface area (Å²) in [5, 5.41) is 16.2. The van der Waals surface area contributed by atoms with Gasteiger partial charge >= 0.3 is 0 Å². The summed E-state index contributed by atoms with van der Waals surface area (Å²) in [6.07, 6.45) is 0. The Balaban J connectivity index is 1.38. The van der Waals surface area contributed by atoms with Crippen molar-refractivity contribution in [2.24, 2.45) is 0 Å². The molecule has 0 bridgehead atoms. The van der Waals surface area contributed by atoms with E-state index in [1.165, 1.54) is 0 Å². The second-order valence-corrected chi connectivity index (χ2v) is 8.57. The summed E-state index contributed by atoms with van der Waals surface area (Å²) < 4.78 is 2.11. The van der Waals surface area contributed by atoms with Crippen molar-refractivity contribution < 1.29 is 0 Å². The molecule has 1 N–H and O–H groups in total. The Labute approximate surface area is 188 Å². The molecule has 0 saturated carbocycles. The first-order valence-electron chi connectivity index (χ1n) is 9.82. The van der Waals surface area contributed by atoms with Crippen LogP contribution in [0.3, 0.4) is 0 Å². The molecular formula is C24H19N5S2. The average Bonchev–Trinajstić information content (AvgIpc) is 3.46. The van der Waals surface area contributed by atoms with E-state index in [0.29, 0.717) is 5.75 Å². The summed E-state index contributed by atoms with van der Waals surface area (Å²) >= 11 is 3.24. The molecule has 0 radical (unpaired) electrons. The van der Waals surface area contributed by atoms with E-state index in [2.05, 4.69) is 49.7 Å². The zero-order chi connectivity index (χ0) is 20.9. The molecule has 5 rings (SSSR count). The summed E-state index contributed by atoms with van der Waals surface area (Å²) in [5.74, 6) is 1.55. The van der Waals surface area contributed by atoms with Gasteiger partial charge in [0.15, 0.2) is 16.1 Å². The van der Waals surface area contributed by atoms with Crippen molar-refractivity contribution >= 4 is 33.9 Å². The monoisotopic (exact) mass is 441 g/mol. The maximum Gasteiger partial charge on any atom is 0.196 e. The second-order valence-electron chi connectivity index (χ2n) is 6.77. The van der Waals surface area contributed by atoms with Crippen LogP contribution in [0.15, 0.2) is 102 Å². The highest BCUT2D eigenvalue weighted by Gasteiger charge is 2.16. The first-order chi connectivity index (χ1) is 15.4. The van der Waals surface area contributed by atoms with E-state index < -0.39 is 0 Å². The molecule has 0 fully saturated rings. The van der Waals surface area contributed by atoms with E-state index in [1.807, 2.05) is 66.7 Å². The van der Waals surface area contributed by atoms with E-state index >= 15 is 0 Å². The molecule has 0 aliphatic rings. The van der Waals surface area contributed by atoms with Gasteiger partial charge in [0.2, 0.25) is 0 Å². The molecule has 0 unspecified atom stereocenters. The zero-order valence-corrected chi connectivity index (χ0v) is 18.2. The molecule has 0 spiro atoms.